The molecule has 1 fully saturated rings. The third-order valence-electron chi connectivity index (χ3n) is 4.35. The largest absolute Gasteiger partial charge is 0.311 e. The van der Waals surface area contributed by atoms with E-state index in [4.69, 9.17) is 0 Å². The number of hydrogen-bond donors (Lipinski definition) is 1. The normalized spacial score (nSPS) is 18.8. The van der Waals surface area contributed by atoms with Crippen LogP contribution in [0.25, 0.3) is 0 Å². The van der Waals surface area contributed by atoms with Gasteiger partial charge in [0.25, 0.3) is 0 Å². The summed E-state index contributed by atoms with van der Waals surface area (Å²) in [5, 5.41) is 3.74. The summed E-state index contributed by atoms with van der Waals surface area (Å²) in [6.07, 6.45) is 5.41. The van der Waals surface area contributed by atoms with E-state index in [2.05, 4.69) is 58.1 Å². The molecule has 0 aliphatic heterocycles. The fraction of sp³-hybridized carbons (Fsp3) is 0.667. The van der Waals surface area contributed by atoms with E-state index in [9.17, 15) is 0 Å². The average molecular weight is 259 g/mol. The van der Waals surface area contributed by atoms with Crippen LogP contribution in [-0.2, 0) is 5.41 Å². The van der Waals surface area contributed by atoms with Crippen LogP contribution in [0.1, 0.15) is 63.1 Å². The zero-order chi connectivity index (χ0) is 14.1. The fourth-order valence-electron chi connectivity index (χ4n) is 3.33. The smallest absolute Gasteiger partial charge is 0.00968 e. The molecule has 0 saturated heterocycles. The summed E-state index contributed by atoms with van der Waals surface area (Å²) in [4.78, 5) is 0. The van der Waals surface area contributed by atoms with Crippen LogP contribution >= 0.6 is 0 Å². The Morgan fingerprint density at radius 1 is 1.00 bits per heavy atom. The molecular formula is C18H29N. The molecule has 0 heterocycles. The highest BCUT2D eigenvalue weighted by atomic mass is 15.0. The molecule has 1 heteroatoms. The maximum atomic E-state index is 3.74. The Morgan fingerprint density at radius 2 is 1.53 bits per heavy atom. The van der Waals surface area contributed by atoms with E-state index in [1.165, 1.54) is 36.8 Å². The summed E-state index contributed by atoms with van der Waals surface area (Å²) < 4.78 is 0. The zero-order valence-electron chi connectivity index (χ0n) is 13.3. The van der Waals surface area contributed by atoms with Gasteiger partial charge in [0.2, 0.25) is 0 Å². The van der Waals surface area contributed by atoms with Crippen LogP contribution in [-0.4, -0.2) is 12.1 Å². The summed E-state index contributed by atoms with van der Waals surface area (Å²) in [6, 6.07) is 7.09. The molecule has 1 aromatic carbocycles. The van der Waals surface area contributed by atoms with Crippen LogP contribution in [0.3, 0.4) is 0 Å². The number of nitrogens with one attached hydrogen (secondary N) is 1. The Balaban J connectivity index is 2.28. The van der Waals surface area contributed by atoms with E-state index < -0.39 is 0 Å². The second-order valence-corrected chi connectivity index (χ2v) is 7.47. The summed E-state index contributed by atoms with van der Waals surface area (Å²) in [5.74, 6) is 0. The molecule has 0 aromatic heterocycles. The van der Waals surface area contributed by atoms with Crippen LogP contribution in [0.5, 0.6) is 0 Å². The monoisotopic (exact) mass is 259 g/mol. The molecule has 0 radical (unpaired) electrons. The molecule has 0 atom stereocenters. The van der Waals surface area contributed by atoms with Crippen LogP contribution in [0, 0.1) is 13.8 Å². The van der Waals surface area contributed by atoms with Crippen molar-refractivity contribution in [3.63, 3.8) is 0 Å². The van der Waals surface area contributed by atoms with Crippen molar-refractivity contribution in [2.45, 2.75) is 71.3 Å². The highest BCUT2D eigenvalue weighted by Gasteiger charge is 2.36. The van der Waals surface area contributed by atoms with Crippen molar-refractivity contribution in [2.24, 2.45) is 0 Å². The van der Waals surface area contributed by atoms with Gasteiger partial charge in [-0.15, -0.1) is 0 Å². The van der Waals surface area contributed by atoms with Gasteiger partial charge < -0.3 is 5.32 Å². The van der Waals surface area contributed by atoms with Gasteiger partial charge in [-0.05, 0) is 53.0 Å². The van der Waals surface area contributed by atoms with Crippen molar-refractivity contribution >= 4 is 0 Å². The van der Waals surface area contributed by atoms with Crippen LogP contribution in [0.15, 0.2) is 18.2 Å². The van der Waals surface area contributed by atoms with Crippen LogP contribution < -0.4 is 5.32 Å². The molecule has 106 valence electrons. The van der Waals surface area contributed by atoms with Gasteiger partial charge in [-0.2, -0.15) is 0 Å². The second kappa shape index (κ2) is 5.28. The minimum absolute atomic E-state index is 0.203. The molecule has 1 nitrogen and oxygen atoms in total. The third kappa shape index (κ3) is 3.60. The minimum Gasteiger partial charge on any atom is -0.311 e. The Hall–Kier alpha value is -0.820. The molecule has 0 unspecified atom stereocenters. The van der Waals surface area contributed by atoms with E-state index in [-0.39, 0.29) is 5.54 Å². The van der Waals surface area contributed by atoms with Gasteiger partial charge in [-0.3, -0.25) is 0 Å². The molecule has 1 N–H and O–H groups in total. The lowest BCUT2D eigenvalue weighted by Crippen LogP contribution is -2.45. The van der Waals surface area contributed by atoms with E-state index in [0.717, 1.165) is 6.54 Å². The SMILES string of the molecule is Cc1cc(C)cc(C2(CNC(C)(C)C)CCCC2)c1. The maximum Gasteiger partial charge on any atom is 0.00968 e. The zero-order valence-corrected chi connectivity index (χ0v) is 13.3. The highest BCUT2D eigenvalue weighted by Crippen LogP contribution is 2.41. The summed E-state index contributed by atoms with van der Waals surface area (Å²) in [5.41, 5.74) is 4.92. The molecule has 19 heavy (non-hydrogen) atoms. The Labute approximate surface area is 118 Å². The van der Waals surface area contributed by atoms with Gasteiger partial charge in [0.05, 0.1) is 0 Å². The number of aryl methyl sites for hydroxylation is 2. The number of rotatable bonds is 3. The van der Waals surface area contributed by atoms with Gasteiger partial charge in [0, 0.05) is 17.5 Å². The van der Waals surface area contributed by atoms with Crippen molar-refractivity contribution < 1.29 is 0 Å². The molecule has 1 aliphatic rings. The standard InChI is InChI=1S/C18H29N/c1-14-10-15(2)12-16(11-14)18(8-6-7-9-18)13-19-17(3,4)5/h10-12,19H,6-9,13H2,1-5H3. The van der Waals surface area contributed by atoms with Gasteiger partial charge in [-0.1, -0.05) is 42.2 Å². The molecule has 0 bridgehead atoms. The lowest BCUT2D eigenvalue weighted by atomic mass is 9.77. The van der Waals surface area contributed by atoms with Gasteiger partial charge in [0.1, 0.15) is 0 Å². The van der Waals surface area contributed by atoms with Crippen molar-refractivity contribution in [1.82, 2.24) is 5.32 Å². The third-order valence-corrected chi connectivity index (χ3v) is 4.35. The second-order valence-electron chi connectivity index (χ2n) is 7.47. The summed E-state index contributed by atoms with van der Waals surface area (Å²) in [6.45, 7) is 12.3. The van der Waals surface area contributed by atoms with E-state index >= 15 is 0 Å². The Bertz CT molecular complexity index is 413. The Morgan fingerprint density at radius 3 is 2.00 bits per heavy atom. The van der Waals surface area contributed by atoms with Crippen molar-refractivity contribution in [2.75, 3.05) is 6.54 Å². The van der Waals surface area contributed by atoms with Gasteiger partial charge in [-0.25, -0.2) is 0 Å². The predicted molar refractivity (Wildman–Crippen MR) is 83.8 cm³/mol. The van der Waals surface area contributed by atoms with E-state index in [1.807, 2.05) is 0 Å². The van der Waals surface area contributed by atoms with E-state index in [0.29, 0.717) is 5.41 Å². The first kappa shape index (κ1) is 14.6. The first-order chi connectivity index (χ1) is 8.81. The molecule has 0 amide bonds. The number of benzene rings is 1. The Kier molecular flexibility index (Phi) is 4.06. The molecule has 2 rings (SSSR count). The van der Waals surface area contributed by atoms with Gasteiger partial charge >= 0.3 is 0 Å². The average Bonchev–Trinajstić information content (AvgIpc) is 2.74. The summed E-state index contributed by atoms with van der Waals surface area (Å²) >= 11 is 0. The molecule has 0 spiro atoms. The topological polar surface area (TPSA) is 12.0 Å². The number of hydrogen-bond acceptors (Lipinski definition) is 1. The molecule has 1 saturated carbocycles. The first-order valence-electron chi connectivity index (χ1n) is 7.65. The van der Waals surface area contributed by atoms with Crippen molar-refractivity contribution in [3.05, 3.63) is 34.9 Å². The van der Waals surface area contributed by atoms with Crippen molar-refractivity contribution in [3.8, 4) is 0 Å². The fourth-order valence-corrected chi connectivity index (χ4v) is 3.33. The first-order valence-corrected chi connectivity index (χ1v) is 7.65. The lowest BCUT2D eigenvalue weighted by Gasteiger charge is -2.34. The van der Waals surface area contributed by atoms with Crippen molar-refractivity contribution in [1.29, 1.82) is 0 Å². The molecule has 1 aromatic rings. The minimum atomic E-state index is 0.203. The molecular weight excluding hydrogens is 230 g/mol. The quantitative estimate of drug-likeness (QED) is 0.842. The highest BCUT2D eigenvalue weighted by molar-refractivity contribution is 5.35. The van der Waals surface area contributed by atoms with E-state index in [1.54, 1.807) is 5.56 Å². The lowest BCUT2D eigenvalue weighted by molar-refractivity contribution is 0.333. The predicted octanol–water partition coefficient (Wildman–Crippen LogP) is 4.50. The maximum absolute atomic E-state index is 3.74. The molecule has 1 aliphatic carbocycles. The van der Waals surface area contributed by atoms with Gasteiger partial charge in [0.15, 0.2) is 0 Å². The van der Waals surface area contributed by atoms with Crippen LogP contribution in [0.2, 0.25) is 0 Å². The van der Waals surface area contributed by atoms with Crippen LogP contribution in [0.4, 0.5) is 0 Å². The summed E-state index contributed by atoms with van der Waals surface area (Å²) in [7, 11) is 0.